The van der Waals surface area contributed by atoms with Crippen LogP contribution in [0.15, 0.2) is 29.6 Å². The lowest BCUT2D eigenvalue weighted by Gasteiger charge is -2.14. The Morgan fingerprint density at radius 3 is 2.52 bits per heavy atom. The van der Waals surface area contributed by atoms with Gasteiger partial charge in [-0.3, -0.25) is 4.79 Å². The highest BCUT2D eigenvalue weighted by Gasteiger charge is 2.15. The third-order valence-electron chi connectivity index (χ3n) is 3.11. The molecule has 0 spiro atoms. The number of nitrogens with one attached hydrogen (secondary N) is 1. The molecular formula is C15H19N3O2S. The molecule has 0 radical (unpaired) electrons. The first-order valence-corrected chi connectivity index (χ1v) is 7.55. The van der Waals surface area contributed by atoms with Crippen molar-refractivity contribution in [1.82, 2.24) is 10.3 Å². The Morgan fingerprint density at radius 2 is 2.00 bits per heavy atom. The van der Waals surface area contributed by atoms with Crippen LogP contribution in [0.1, 0.15) is 47.0 Å². The number of hydrogen-bond donors (Lipinski definition) is 2. The van der Waals surface area contributed by atoms with Crippen LogP contribution in [0.3, 0.4) is 0 Å². The molecule has 1 amide bonds. The van der Waals surface area contributed by atoms with Crippen molar-refractivity contribution < 1.29 is 9.53 Å². The minimum absolute atomic E-state index is 0.108. The van der Waals surface area contributed by atoms with E-state index in [0.717, 1.165) is 16.3 Å². The highest BCUT2D eigenvalue weighted by molar-refractivity contribution is 7.09. The molecule has 0 aliphatic carbocycles. The molecule has 21 heavy (non-hydrogen) atoms. The molecule has 6 heteroatoms. The molecule has 0 aliphatic rings. The summed E-state index contributed by atoms with van der Waals surface area (Å²) in [7, 11) is 1.62. The van der Waals surface area contributed by atoms with Crippen molar-refractivity contribution >= 4 is 17.2 Å². The quantitative estimate of drug-likeness (QED) is 0.890. The number of carbonyl (C=O) groups is 1. The van der Waals surface area contributed by atoms with Gasteiger partial charge < -0.3 is 15.8 Å². The maximum atomic E-state index is 12.2. The topological polar surface area (TPSA) is 77.2 Å². The van der Waals surface area contributed by atoms with E-state index in [9.17, 15) is 4.79 Å². The first-order chi connectivity index (χ1) is 10.0. The van der Waals surface area contributed by atoms with E-state index in [1.54, 1.807) is 12.5 Å². The summed E-state index contributed by atoms with van der Waals surface area (Å²) < 4.78 is 5.12. The SMILES string of the molecule is COc1ccc([C@H](C)NC(=O)c2csc(C(C)N)n2)cc1. The molecule has 0 fully saturated rings. The van der Waals surface area contributed by atoms with Crippen LogP contribution < -0.4 is 15.8 Å². The first kappa shape index (κ1) is 15.5. The fourth-order valence-electron chi connectivity index (χ4n) is 1.85. The van der Waals surface area contributed by atoms with Crippen molar-refractivity contribution in [3.05, 3.63) is 45.9 Å². The molecule has 2 rings (SSSR count). The zero-order chi connectivity index (χ0) is 15.4. The van der Waals surface area contributed by atoms with E-state index in [0.29, 0.717) is 5.69 Å². The molecule has 1 unspecified atom stereocenters. The monoisotopic (exact) mass is 305 g/mol. The number of aromatic nitrogens is 1. The zero-order valence-electron chi connectivity index (χ0n) is 12.3. The number of amides is 1. The molecule has 1 heterocycles. The van der Waals surface area contributed by atoms with Gasteiger partial charge in [0, 0.05) is 5.38 Å². The molecule has 112 valence electrons. The lowest BCUT2D eigenvalue weighted by molar-refractivity contribution is 0.0935. The van der Waals surface area contributed by atoms with Gasteiger partial charge >= 0.3 is 0 Å². The van der Waals surface area contributed by atoms with Crippen molar-refractivity contribution in [1.29, 1.82) is 0 Å². The first-order valence-electron chi connectivity index (χ1n) is 6.67. The summed E-state index contributed by atoms with van der Waals surface area (Å²) >= 11 is 1.40. The minimum Gasteiger partial charge on any atom is -0.497 e. The molecule has 0 aliphatic heterocycles. The predicted molar refractivity (Wildman–Crippen MR) is 83.6 cm³/mol. The molecule has 2 atom stereocenters. The summed E-state index contributed by atoms with van der Waals surface area (Å²) in [6.07, 6.45) is 0. The largest absolute Gasteiger partial charge is 0.497 e. The average Bonchev–Trinajstić information content (AvgIpc) is 2.97. The van der Waals surface area contributed by atoms with E-state index in [2.05, 4.69) is 10.3 Å². The smallest absolute Gasteiger partial charge is 0.271 e. The summed E-state index contributed by atoms with van der Waals surface area (Å²) in [6.45, 7) is 3.78. The molecule has 0 bridgehead atoms. The van der Waals surface area contributed by atoms with E-state index in [-0.39, 0.29) is 18.0 Å². The number of thiazole rings is 1. The molecule has 0 saturated carbocycles. The van der Waals surface area contributed by atoms with Crippen LogP contribution in [0.4, 0.5) is 0 Å². The van der Waals surface area contributed by atoms with Crippen LogP contribution in [-0.2, 0) is 0 Å². The van der Waals surface area contributed by atoms with Gasteiger partial charge in [0.05, 0.1) is 19.2 Å². The number of rotatable bonds is 5. The normalized spacial score (nSPS) is 13.5. The highest BCUT2D eigenvalue weighted by Crippen LogP contribution is 2.19. The summed E-state index contributed by atoms with van der Waals surface area (Å²) in [5.74, 6) is 0.597. The molecular weight excluding hydrogens is 286 g/mol. The Balaban J connectivity index is 2.03. The van der Waals surface area contributed by atoms with Gasteiger partial charge in [-0.2, -0.15) is 0 Å². The van der Waals surface area contributed by atoms with Crippen molar-refractivity contribution in [3.8, 4) is 5.75 Å². The van der Waals surface area contributed by atoms with Gasteiger partial charge in [0.2, 0.25) is 0 Å². The van der Waals surface area contributed by atoms with Gasteiger partial charge in [0.1, 0.15) is 16.5 Å². The van der Waals surface area contributed by atoms with Gasteiger partial charge in [-0.15, -0.1) is 11.3 Å². The second kappa shape index (κ2) is 6.69. The van der Waals surface area contributed by atoms with Crippen molar-refractivity contribution in [2.24, 2.45) is 5.73 Å². The van der Waals surface area contributed by atoms with E-state index in [4.69, 9.17) is 10.5 Å². The van der Waals surface area contributed by atoms with Gasteiger partial charge in [-0.25, -0.2) is 4.98 Å². The lowest BCUT2D eigenvalue weighted by Crippen LogP contribution is -2.27. The predicted octanol–water partition coefficient (Wildman–Crippen LogP) is 2.66. The Hall–Kier alpha value is -1.92. The van der Waals surface area contributed by atoms with Crippen LogP contribution in [0.2, 0.25) is 0 Å². The molecule has 0 saturated heterocycles. The van der Waals surface area contributed by atoms with Crippen LogP contribution in [0.5, 0.6) is 5.75 Å². The fourth-order valence-corrected chi connectivity index (χ4v) is 2.61. The van der Waals surface area contributed by atoms with Crippen LogP contribution in [0.25, 0.3) is 0 Å². The number of benzene rings is 1. The third kappa shape index (κ3) is 3.80. The molecule has 5 nitrogen and oxygen atoms in total. The van der Waals surface area contributed by atoms with E-state index in [1.807, 2.05) is 38.1 Å². The lowest BCUT2D eigenvalue weighted by atomic mass is 10.1. The number of hydrogen-bond acceptors (Lipinski definition) is 5. The highest BCUT2D eigenvalue weighted by atomic mass is 32.1. The third-order valence-corrected chi connectivity index (χ3v) is 4.15. The Morgan fingerprint density at radius 1 is 1.33 bits per heavy atom. The minimum atomic E-state index is -0.193. The summed E-state index contributed by atoms with van der Waals surface area (Å²) in [4.78, 5) is 16.4. The molecule has 3 N–H and O–H groups in total. The summed E-state index contributed by atoms with van der Waals surface area (Å²) in [6, 6.07) is 7.33. The number of nitrogens with zero attached hydrogens (tertiary/aromatic N) is 1. The van der Waals surface area contributed by atoms with E-state index in [1.165, 1.54) is 11.3 Å². The summed E-state index contributed by atoms with van der Waals surface area (Å²) in [5.41, 5.74) is 7.17. The standard InChI is InChI=1S/C15H19N3O2S/c1-9(16)15-18-13(8-21-15)14(19)17-10(2)11-4-6-12(20-3)7-5-11/h4-10H,16H2,1-3H3,(H,17,19)/t9?,10-/m0/s1. The molecule has 1 aromatic carbocycles. The van der Waals surface area contributed by atoms with Crippen LogP contribution in [0, 0.1) is 0 Å². The van der Waals surface area contributed by atoms with E-state index < -0.39 is 0 Å². The Kier molecular flexibility index (Phi) is 4.93. The van der Waals surface area contributed by atoms with Crippen LogP contribution in [-0.4, -0.2) is 18.0 Å². The van der Waals surface area contributed by atoms with Crippen molar-refractivity contribution in [2.75, 3.05) is 7.11 Å². The number of carbonyl (C=O) groups excluding carboxylic acids is 1. The van der Waals surface area contributed by atoms with Gasteiger partial charge in [-0.05, 0) is 31.5 Å². The number of nitrogens with two attached hydrogens (primary N) is 1. The Labute approximate surface area is 128 Å². The maximum absolute atomic E-state index is 12.2. The molecule has 2 aromatic rings. The number of ether oxygens (including phenoxy) is 1. The van der Waals surface area contributed by atoms with Gasteiger partial charge in [0.25, 0.3) is 5.91 Å². The summed E-state index contributed by atoms with van der Waals surface area (Å²) in [5, 5.41) is 5.42. The van der Waals surface area contributed by atoms with Gasteiger partial charge in [-0.1, -0.05) is 12.1 Å². The fraction of sp³-hybridized carbons (Fsp3) is 0.333. The second-order valence-corrected chi connectivity index (χ2v) is 5.72. The maximum Gasteiger partial charge on any atom is 0.271 e. The van der Waals surface area contributed by atoms with Crippen molar-refractivity contribution in [2.45, 2.75) is 25.9 Å². The zero-order valence-corrected chi connectivity index (χ0v) is 13.1. The average molecular weight is 305 g/mol. The van der Waals surface area contributed by atoms with Gasteiger partial charge in [0.15, 0.2) is 0 Å². The second-order valence-electron chi connectivity index (χ2n) is 4.83. The molecule has 1 aromatic heterocycles. The van der Waals surface area contributed by atoms with Crippen LogP contribution >= 0.6 is 11.3 Å². The van der Waals surface area contributed by atoms with E-state index >= 15 is 0 Å². The van der Waals surface area contributed by atoms with Crippen molar-refractivity contribution in [3.63, 3.8) is 0 Å². The number of methoxy groups -OCH3 is 1. The Bertz CT molecular complexity index is 608.